The third-order valence-electron chi connectivity index (χ3n) is 12.0. The van der Waals surface area contributed by atoms with Crippen molar-refractivity contribution in [1.82, 2.24) is 4.98 Å². The van der Waals surface area contributed by atoms with Crippen LogP contribution in [0.5, 0.6) is 0 Å². The number of aromatic nitrogens is 1. The Morgan fingerprint density at radius 1 is 1.00 bits per heavy atom. The number of hydrogen-bond acceptors (Lipinski definition) is 5. The number of aliphatic hydroxyl groups is 1. The summed E-state index contributed by atoms with van der Waals surface area (Å²) in [6.07, 6.45) is 5.25. The van der Waals surface area contributed by atoms with E-state index in [4.69, 9.17) is 18.9 Å². The lowest BCUT2D eigenvalue weighted by Crippen LogP contribution is -2.77. The number of allylic oxidation sites excluding steroid dienone is 1. The number of benzene rings is 1. The van der Waals surface area contributed by atoms with E-state index in [0.29, 0.717) is 5.92 Å². The van der Waals surface area contributed by atoms with Crippen molar-refractivity contribution in [3.63, 3.8) is 0 Å². The van der Waals surface area contributed by atoms with Crippen molar-refractivity contribution >= 4 is 10.9 Å². The van der Waals surface area contributed by atoms with E-state index < -0.39 is 23.1 Å². The summed E-state index contributed by atoms with van der Waals surface area (Å²) in [7, 11) is 0. The SMILES string of the molecule is CC(C)=C[C@@H]1O[C@H]2[C@@H](O[C@@H]3CC[C@]4(C)[C@@](O)(CC[C@@H]5Cc6c([nH]c7ccccc67)[C@@]54C)[C@]34O[C@H]24)C(C)(C)O1. The van der Waals surface area contributed by atoms with Gasteiger partial charge in [-0.05, 0) is 83.4 Å². The number of epoxide rings is 1. The summed E-state index contributed by atoms with van der Waals surface area (Å²) in [6, 6.07) is 8.67. The van der Waals surface area contributed by atoms with Gasteiger partial charge in [0.05, 0.1) is 11.7 Å². The number of nitrogens with one attached hydrogen (secondary N) is 1. The van der Waals surface area contributed by atoms with Crippen molar-refractivity contribution in [3.8, 4) is 0 Å². The van der Waals surface area contributed by atoms with Crippen molar-refractivity contribution in [2.24, 2.45) is 11.3 Å². The van der Waals surface area contributed by atoms with Gasteiger partial charge in [-0.3, -0.25) is 0 Å². The Morgan fingerprint density at radius 3 is 2.58 bits per heavy atom. The zero-order chi connectivity index (χ0) is 26.5. The first-order valence-corrected chi connectivity index (χ1v) is 14.6. The van der Waals surface area contributed by atoms with Crippen LogP contribution in [0.2, 0.25) is 0 Å². The van der Waals surface area contributed by atoms with Gasteiger partial charge in [0.1, 0.15) is 23.9 Å². The van der Waals surface area contributed by atoms with E-state index in [1.807, 2.05) is 6.08 Å². The first-order valence-electron chi connectivity index (χ1n) is 14.6. The fraction of sp³-hybridized carbons (Fsp3) is 0.688. The van der Waals surface area contributed by atoms with E-state index in [0.717, 1.165) is 37.7 Å². The molecule has 3 saturated heterocycles. The third-order valence-corrected chi connectivity index (χ3v) is 12.0. The van der Waals surface area contributed by atoms with E-state index in [9.17, 15) is 5.11 Å². The van der Waals surface area contributed by atoms with Crippen LogP contribution in [-0.4, -0.2) is 57.6 Å². The summed E-state index contributed by atoms with van der Waals surface area (Å²) in [6.45, 7) is 13.1. The molecule has 4 heterocycles. The van der Waals surface area contributed by atoms with Gasteiger partial charge in [-0.2, -0.15) is 0 Å². The molecule has 38 heavy (non-hydrogen) atoms. The van der Waals surface area contributed by atoms with Crippen LogP contribution < -0.4 is 0 Å². The number of rotatable bonds is 1. The van der Waals surface area contributed by atoms with E-state index >= 15 is 0 Å². The summed E-state index contributed by atoms with van der Waals surface area (Å²) in [5.74, 6) is 0.501. The van der Waals surface area contributed by atoms with E-state index in [-0.39, 0.29) is 35.2 Å². The van der Waals surface area contributed by atoms with Gasteiger partial charge in [-0.15, -0.1) is 0 Å². The van der Waals surface area contributed by atoms with Crippen molar-refractivity contribution < 1.29 is 24.1 Å². The molecule has 6 heteroatoms. The minimum atomic E-state index is -1.01. The Kier molecular flexibility index (Phi) is 4.53. The maximum absolute atomic E-state index is 13.1. The van der Waals surface area contributed by atoms with Crippen LogP contribution in [0.15, 0.2) is 35.9 Å². The molecule has 5 fully saturated rings. The van der Waals surface area contributed by atoms with Crippen LogP contribution in [-0.2, 0) is 30.8 Å². The Morgan fingerprint density at radius 2 is 1.79 bits per heavy atom. The zero-order valence-electron chi connectivity index (χ0n) is 23.5. The summed E-state index contributed by atoms with van der Waals surface area (Å²) in [5, 5.41) is 14.4. The van der Waals surface area contributed by atoms with Gasteiger partial charge in [0.2, 0.25) is 0 Å². The Hall–Kier alpha value is -1.70. The van der Waals surface area contributed by atoms with E-state index in [1.165, 1.54) is 22.2 Å². The lowest BCUT2D eigenvalue weighted by molar-refractivity contribution is -0.343. The monoisotopic (exact) mass is 519 g/mol. The molecule has 3 aliphatic carbocycles. The molecule has 1 spiro atoms. The first-order chi connectivity index (χ1) is 18.0. The Balaban J connectivity index is 1.22. The molecule has 2 aromatic rings. The second kappa shape index (κ2) is 7.13. The molecule has 2 N–H and O–H groups in total. The maximum atomic E-state index is 13.1. The molecule has 6 nitrogen and oxygen atoms in total. The molecule has 0 bridgehead atoms. The highest BCUT2D eigenvalue weighted by molar-refractivity contribution is 5.86. The van der Waals surface area contributed by atoms with Gasteiger partial charge in [0, 0.05) is 27.4 Å². The van der Waals surface area contributed by atoms with Crippen LogP contribution in [0.4, 0.5) is 0 Å². The fourth-order valence-electron chi connectivity index (χ4n) is 9.97. The third kappa shape index (κ3) is 2.54. The number of H-pyrrole nitrogens is 1. The predicted molar refractivity (Wildman–Crippen MR) is 144 cm³/mol. The second-order valence-electron chi connectivity index (χ2n) is 14.2. The van der Waals surface area contributed by atoms with Crippen LogP contribution in [0.25, 0.3) is 10.9 Å². The van der Waals surface area contributed by atoms with Crippen LogP contribution >= 0.6 is 0 Å². The summed E-state index contributed by atoms with van der Waals surface area (Å²) in [5.41, 5.74) is 2.31. The highest BCUT2D eigenvalue weighted by atomic mass is 16.8. The van der Waals surface area contributed by atoms with Crippen LogP contribution in [0, 0.1) is 11.3 Å². The number of fused-ring (bicyclic) bond motifs is 9. The molecule has 204 valence electrons. The van der Waals surface area contributed by atoms with Crippen molar-refractivity contribution in [1.29, 1.82) is 0 Å². The van der Waals surface area contributed by atoms with E-state index in [1.54, 1.807) is 0 Å². The normalized spacial score (nSPS) is 49.7. The highest BCUT2D eigenvalue weighted by Crippen LogP contribution is 2.75. The lowest BCUT2D eigenvalue weighted by atomic mass is 9.40. The van der Waals surface area contributed by atoms with Gasteiger partial charge < -0.3 is 29.0 Å². The summed E-state index contributed by atoms with van der Waals surface area (Å²) >= 11 is 0. The quantitative estimate of drug-likeness (QED) is 0.394. The molecule has 0 unspecified atom stereocenters. The number of ether oxygens (including phenoxy) is 4. The van der Waals surface area contributed by atoms with Gasteiger partial charge >= 0.3 is 0 Å². The van der Waals surface area contributed by atoms with Gasteiger partial charge in [-0.25, -0.2) is 0 Å². The molecule has 3 aliphatic heterocycles. The number of para-hydroxylation sites is 1. The van der Waals surface area contributed by atoms with Crippen molar-refractivity contribution in [2.45, 2.75) is 127 Å². The molecule has 6 aliphatic rings. The first kappa shape index (κ1) is 24.1. The van der Waals surface area contributed by atoms with Gasteiger partial charge in [0.15, 0.2) is 11.9 Å². The van der Waals surface area contributed by atoms with Crippen LogP contribution in [0.3, 0.4) is 0 Å². The molecule has 0 amide bonds. The van der Waals surface area contributed by atoms with Gasteiger partial charge in [0.25, 0.3) is 0 Å². The smallest absolute Gasteiger partial charge is 0.178 e. The molecule has 0 radical (unpaired) electrons. The van der Waals surface area contributed by atoms with E-state index in [2.05, 4.69) is 70.8 Å². The molecular formula is C32H41NO5. The Labute approximate surface area is 225 Å². The molecule has 1 aromatic heterocycles. The maximum Gasteiger partial charge on any atom is 0.178 e. The van der Waals surface area contributed by atoms with Crippen molar-refractivity contribution in [3.05, 3.63) is 47.2 Å². The predicted octanol–water partition coefficient (Wildman–Crippen LogP) is 5.31. The lowest BCUT2D eigenvalue weighted by Gasteiger charge is -2.66. The molecule has 1 aromatic carbocycles. The van der Waals surface area contributed by atoms with Gasteiger partial charge in [-0.1, -0.05) is 37.6 Å². The Bertz CT molecular complexity index is 1380. The fourth-order valence-corrected chi connectivity index (χ4v) is 9.97. The topological polar surface area (TPSA) is 76.2 Å². The number of hydrogen-bond donors (Lipinski definition) is 2. The molecule has 8 rings (SSSR count). The number of aromatic amines is 1. The standard InChI is InChI=1S/C32H41NO5/c1-17(2)15-23-36-24-26(28(3,4)37-23)35-22-12-13-29(5)30(6)18(11-14-31(29,34)32(22)27(24)38-32)16-20-19-9-7-8-10-21(19)33-25(20)30/h7-10,15,18,22-24,26-27,33-34H,11-14,16H2,1-6H3/t18-,22-,23-,24+,26-,27-,29+,30-,31+,32+/m1/s1. The summed E-state index contributed by atoms with van der Waals surface area (Å²) in [4.78, 5) is 3.84. The minimum Gasteiger partial charge on any atom is -0.386 e. The van der Waals surface area contributed by atoms with Crippen molar-refractivity contribution in [2.75, 3.05) is 0 Å². The zero-order valence-corrected chi connectivity index (χ0v) is 23.5. The minimum absolute atomic E-state index is 0.165. The average Bonchev–Trinajstić information content (AvgIpc) is 3.43. The molecular weight excluding hydrogens is 478 g/mol. The largest absolute Gasteiger partial charge is 0.386 e. The summed E-state index contributed by atoms with van der Waals surface area (Å²) < 4.78 is 26.5. The highest BCUT2D eigenvalue weighted by Gasteiger charge is 2.87. The molecule has 10 atom stereocenters. The second-order valence-corrected chi connectivity index (χ2v) is 14.2. The average molecular weight is 520 g/mol. The van der Waals surface area contributed by atoms with Crippen LogP contribution in [0.1, 0.15) is 78.5 Å². The molecule has 2 saturated carbocycles.